The van der Waals surface area contributed by atoms with Gasteiger partial charge in [0.2, 0.25) is 5.88 Å². The first-order valence-electron chi connectivity index (χ1n) is 13.4. The Morgan fingerprint density at radius 3 is 2.67 bits per heavy atom. The quantitative estimate of drug-likeness (QED) is 0.366. The molecule has 8 heteroatoms. The van der Waals surface area contributed by atoms with Gasteiger partial charge in [-0.25, -0.2) is 4.98 Å². The minimum Gasteiger partial charge on any atom is -0.473 e. The Morgan fingerprint density at radius 1 is 1.10 bits per heavy atom. The normalized spacial score (nSPS) is 25.4. The van der Waals surface area contributed by atoms with E-state index in [1.165, 1.54) is 12.1 Å². The van der Waals surface area contributed by atoms with Gasteiger partial charge in [0.05, 0.1) is 31.3 Å². The van der Waals surface area contributed by atoms with Crippen LogP contribution in [0.5, 0.6) is 5.88 Å². The fraction of sp³-hybridized carbons (Fsp3) is 0.419. The van der Waals surface area contributed by atoms with E-state index in [0.717, 1.165) is 34.2 Å². The summed E-state index contributed by atoms with van der Waals surface area (Å²) in [5.41, 5.74) is 4.63. The molecule has 4 aliphatic rings. The van der Waals surface area contributed by atoms with Crippen molar-refractivity contribution >= 4 is 5.97 Å². The summed E-state index contributed by atoms with van der Waals surface area (Å²) in [7, 11) is 0. The monoisotopic (exact) mass is 535 g/mol. The maximum atomic E-state index is 13.9. The van der Waals surface area contributed by atoms with Crippen LogP contribution in [0.3, 0.4) is 0 Å². The molecule has 1 aliphatic heterocycles. The number of fused-ring (bicyclic) bond motifs is 5. The number of rotatable bonds is 6. The van der Waals surface area contributed by atoms with Crippen molar-refractivity contribution < 1.29 is 32.2 Å². The number of hydrogen-bond donors (Lipinski definition) is 0. The molecule has 2 aromatic carbocycles. The maximum Gasteiger partial charge on any atom is 0.416 e. The molecule has 3 aromatic rings. The van der Waals surface area contributed by atoms with Crippen molar-refractivity contribution in [1.29, 1.82) is 0 Å². The SMILES string of the molecule is CCOC(=O)C1C2Cc3cc(OCc4ccc5c(c4)C(c4ccccc4C(F)(F)F)CC54COC4)ncc3C21. The molecule has 1 spiro atoms. The predicted molar refractivity (Wildman–Crippen MR) is 135 cm³/mol. The van der Waals surface area contributed by atoms with Crippen LogP contribution >= 0.6 is 0 Å². The maximum absolute atomic E-state index is 13.9. The van der Waals surface area contributed by atoms with Crippen LogP contribution in [0.25, 0.3) is 0 Å². The van der Waals surface area contributed by atoms with Crippen molar-refractivity contribution in [3.05, 3.63) is 93.7 Å². The third-order valence-corrected chi connectivity index (χ3v) is 8.98. The van der Waals surface area contributed by atoms with E-state index in [2.05, 4.69) is 4.98 Å². The zero-order chi connectivity index (χ0) is 26.9. The lowest BCUT2D eigenvalue weighted by Crippen LogP contribution is -2.45. The first-order valence-corrected chi connectivity index (χ1v) is 13.4. The molecule has 1 saturated heterocycles. The lowest BCUT2D eigenvalue weighted by atomic mass is 9.78. The molecule has 0 bridgehead atoms. The number of alkyl halides is 3. The van der Waals surface area contributed by atoms with Gasteiger partial charge in [-0.3, -0.25) is 4.79 Å². The zero-order valence-corrected chi connectivity index (χ0v) is 21.5. The van der Waals surface area contributed by atoms with Gasteiger partial charge in [0, 0.05) is 29.5 Å². The largest absolute Gasteiger partial charge is 0.473 e. The van der Waals surface area contributed by atoms with Gasteiger partial charge in [0.1, 0.15) is 6.61 Å². The van der Waals surface area contributed by atoms with E-state index < -0.39 is 11.7 Å². The predicted octanol–water partition coefficient (Wildman–Crippen LogP) is 5.93. The number of halogens is 3. The van der Waals surface area contributed by atoms with E-state index in [1.54, 1.807) is 12.1 Å². The van der Waals surface area contributed by atoms with Crippen molar-refractivity contribution in [3.63, 3.8) is 0 Å². The van der Waals surface area contributed by atoms with Crippen molar-refractivity contribution in [1.82, 2.24) is 4.98 Å². The van der Waals surface area contributed by atoms with Gasteiger partial charge in [-0.15, -0.1) is 0 Å². The Kier molecular flexibility index (Phi) is 5.57. The van der Waals surface area contributed by atoms with Crippen LogP contribution in [-0.2, 0) is 38.9 Å². The smallest absolute Gasteiger partial charge is 0.416 e. The molecule has 5 nitrogen and oxygen atoms in total. The molecule has 2 fully saturated rings. The molecule has 1 saturated carbocycles. The second-order valence-electron chi connectivity index (χ2n) is 11.2. The summed E-state index contributed by atoms with van der Waals surface area (Å²) >= 11 is 0. The van der Waals surface area contributed by atoms with Gasteiger partial charge in [-0.2, -0.15) is 13.2 Å². The first kappa shape index (κ1) is 24.6. The van der Waals surface area contributed by atoms with E-state index >= 15 is 0 Å². The molecule has 1 aromatic heterocycles. The Morgan fingerprint density at radius 2 is 1.92 bits per heavy atom. The molecule has 0 radical (unpaired) electrons. The van der Waals surface area contributed by atoms with Gasteiger partial charge in [-0.1, -0.05) is 36.4 Å². The van der Waals surface area contributed by atoms with Crippen LogP contribution in [0.1, 0.15) is 64.1 Å². The van der Waals surface area contributed by atoms with Gasteiger partial charge < -0.3 is 14.2 Å². The number of carbonyl (C=O) groups excluding carboxylic acids is 1. The van der Waals surface area contributed by atoms with Crippen LogP contribution in [0, 0.1) is 11.8 Å². The number of carbonyl (C=O) groups is 1. The third kappa shape index (κ3) is 3.94. The number of ether oxygens (including phenoxy) is 3. The molecule has 7 rings (SSSR count). The van der Waals surface area contributed by atoms with E-state index in [1.807, 2.05) is 37.4 Å². The minimum absolute atomic E-state index is 0.0581. The van der Waals surface area contributed by atoms with Gasteiger partial charge in [-0.05, 0) is 65.1 Å². The summed E-state index contributed by atoms with van der Waals surface area (Å²) < 4.78 is 58.5. The summed E-state index contributed by atoms with van der Waals surface area (Å²) in [4.78, 5) is 16.6. The lowest BCUT2D eigenvalue weighted by Gasteiger charge is -2.39. The summed E-state index contributed by atoms with van der Waals surface area (Å²) in [5.74, 6) is 0.437. The van der Waals surface area contributed by atoms with Gasteiger partial charge >= 0.3 is 12.1 Å². The topological polar surface area (TPSA) is 57.7 Å². The average molecular weight is 536 g/mol. The third-order valence-electron chi connectivity index (χ3n) is 8.98. The van der Waals surface area contributed by atoms with Crippen molar-refractivity contribution in [3.8, 4) is 5.88 Å². The number of hydrogen-bond acceptors (Lipinski definition) is 5. The Bertz CT molecular complexity index is 1460. The fourth-order valence-electron chi connectivity index (χ4n) is 7.11. The average Bonchev–Trinajstić information content (AvgIpc) is 3.31. The van der Waals surface area contributed by atoms with E-state index in [4.69, 9.17) is 14.2 Å². The number of esters is 1. The second-order valence-corrected chi connectivity index (χ2v) is 11.2. The van der Waals surface area contributed by atoms with E-state index in [0.29, 0.717) is 37.7 Å². The molecular formula is C31H28F3NO4. The lowest BCUT2D eigenvalue weighted by molar-refractivity contribution is -0.145. The minimum atomic E-state index is -4.42. The van der Waals surface area contributed by atoms with Crippen molar-refractivity contribution in [2.75, 3.05) is 19.8 Å². The standard InChI is InChI=1S/C31H28F3NO4/c1-2-38-29(36)28-21-10-18-11-26(35-13-23(18)27(21)28)39-14-17-7-8-24-20(9-17)22(12-30(24)15-37-16-30)19-5-3-4-6-25(19)31(32,33)34/h3-9,11,13,21-22,27-28H,2,10,12,14-16H2,1H3. The summed E-state index contributed by atoms with van der Waals surface area (Å²) in [6, 6.07) is 13.9. The van der Waals surface area contributed by atoms with Gasteiger partial charge in [0.15, 0.2) is 0 Å². The first-order chi connectivity index (χ1) is 18.8. The summed E-state index contributed by atoms with van der Waals surface area (Å²) in [5, 5.41) is 0. The molecule has 0 N–H and O–H groups in total. The van der Waals surface area contributed by atoms with Crippen LogP contribution in [0.4, 0.5) is 13.2 Å². The summed E-state index contributed by atoms with van der Waals surface area (Å²) in [6.45, 7) is 3.52. The highest BCUT2D eigenvalue weighted by atomic mass is 19.4. The van der Waals surface area contributed by atoms with Crippen LogP contribution in [0.2, 0.25) is 0 Å². The molecule has 4 atom stereocenters. The highest BCUT2D eigenvalue weighted by molar-refractivity contribution is 5.79. The molecule has 3 aliphatic carbocycles. The molecule has 4 unspecified atom stereocenters. The van der Waals surface area contributed by atoms with Crippen molar-refractivity contribution in [2.45, 2.75) is 49.8 Å². The number of aromatic nitrogens is 1. The van der Waals surface area contributed by atoms with Gasteiger partial charge in [0.25, 0.3) is 0 Å². The van der Waals surface area contributed by atoms with Crippen molar-refractivity contribution in [2.24, 2.45) is 11.8 Å². The second kappa shape index (κ2) is 8.81. The fourth-order valence-corrected chi connectivity index (χ4v) is 7.11. The van der Waals surface area contributed by atoms with Crippen LogP contribution < -0.4 is 4.74 Å². The van der Waals surface area contributed by atoms with Crippen LogP contribution in [0.15, 0.2) is 54.7 Å². The Labute approximate surface area is 224 Å². The molecular weight excluding hydrogens is 507 g/mol. The molecule has 0 amide bonds. The zero-order valence-electron chi connectivity index (χ0n) is 21.5. The number of nitrogens with zero attached hydrogens (tertiary/aromatic N) is 1. The number of pyridine rings is 1. The Hall–Kier alpha value is -3.39. The molecule has 39 heavy (non-hydrogen) atoms. The Balaban J connectivity index is 1.12. The van der Waals surface area contributed by atoms with E-state index in [-0.39, 0.29) is 41.7 Å². The number of benzene rings is 2. The summed E-state index contributed by atoms with van der Waals surface area (Å²) in [6.07, 6.45) is -1.20. The highest BCUT2D eigenvalue weighted by Gasteiger charge is 2.60. The highest BCUT2D eigenvalue weighted by Crippen LogP contribution is 2.62. The molecule has 202 valence electrons. The van der Waals surface area contributed by atoms with E-state index in [9.17, 15) is 18.0 Å². The van der Waals surface area contributed by atoms with Crippen LogP contribution in [-0.4, -0.2) is 30.8 Å². The molecule has 2 heterocycles.